The number of rotatable bonds is 2. The monoisotopic (exact) mass is 236 g/mol. The van der Waals surface area contributed by atoms with Crippen molar-refractivity contribution in [3.05, 3.63) is 20.8 Å². The molecule has 0 aliphatic rings. The van der Waals surface area contributed by atoms with Crippen molar-refractivity contribution in [3.8, 4) is 0 Å². The van der Waals surface area contributed by atoms with E-state index in [1.165, 1.54) is 11.3 Å². The van der Waals surface area contributed by atoms with Crippen LogP contribution < -0.4 is 11.0 Å². The molecule has 2 rings (SSSR count). The Morgan fingerprint density at radius 3 is 2.94 bits per heavy atom. The number of fused-ring (bicyclic) bond motifs is 1. The van der Waals surface area contributed by atoms with Crippen LogP contribution in [0.5, 0.6) is 0 Å². The van der Waals surface area contributed by atoms with Crippen LogP contribution in [0.3, 0.4) is 0 Å². The van der Waals surface area contributed by atoms with Crippen LogP contribution in [0.4, 0.5) is 5.95 Å². The number of H-pyrrole nitrogens is 1. The zero-order valence-electron chi connectivity index (χ0n) is 9.29. The van der Waals surface area contributed by atoms with Gasteiger partial charge in [0.1, 0.15) is 4.83 Å². The molecule has 0 spiro atoms. The SMILES string of the molecule is C/C=N/Nc1nc2sc(C)c(C)c2c(=O)[nH]1. The molecule has 2 aromatic rings. The highest BCUT2D eigenvalue weighted by molar-refractivity contribution is 7.18. The summed E-state index contributed by atoms with van der Waals surface area (Å²) in [6, 6.07) is 0. The molecular formula is C10H12N4OS. The minimum atomic E-state index is -0.124. The first-order valence-corrected chi connectivity index (χ1v) is 5.69. The Bertz CT molecular complexity index is 611. The van der Waals surface area contributed by atoms with Gasteiger partial charge < -0.3 is 0 Å². The van der Waals surface area contributed by atoms with Gasteiger partial charge in [0.15, 0.2) is 0 Å². The van der Waals surface area contributed by atoms with E-state index in [2.05, 4.69) is 20.5 Å². The van der Waals surface area contributed by atoms with Gasteiger partial charge in [-0.05, 0) is 26.3 Å². The Morgan fingerprint density at radius 2 is 2.25 bits per heavy atom. The van der Waals surface area contributed by atoms with Crippen molar-refractivity contribution in [1.29, 1.82) is 0 Å². The van der Waals surface area contributed by atoms with E-state index in [0.29, 0.717) is 11.3 Å². The van der Waals surface area contributed by atoms with E-state index in [0.717, 1.165) is 15.3 Å². The van der Waals surface area contributed by atoms with Crippen LogP contribution >= 0.6 is 11.3 Å². The van der Waals surface area contributed by atoms with E-state index >= 15 is 0 Å². The van der Waals surface area contributed by atoms with Gasteiger partial charge in [0.05, 0.1) is 5.39 Å². The molecule has 0 unspecified atom stereocenters. The van der Waals surface area contributed by atoms with Gasteiger partial charge in [0, 0.05) is 11.1 Å². The molecule has 2 aromatic heterocycles. The molecule has 0 amide bonds. The standard InChI is InChI=1S/C10H12N4OS/c1-4-11-14-10-12-8(15)7-5(2)6(3)16-9(7)13-10/h4H,1-3H3,(H2,12,13,14,15)/b11-4+. The van der Waals surface area contributed by atoms with Gasteiger partial charge in [-0.2, -0.15) is 5.10 Å². The number of anilines is 1. The normalized spacial score (nSPS) is 11.4. The zero-order valence-corrected chi connectivity index (χ0v) is 10.1. The summed E-state index contributed by atoms with van der Waals surface area (Å²) in [7, 11) is 0. The molecule has 0 aliphatic heterocycles. The number of nitrogens with one attached hydrogen (secondary N) is 2. The van der Waals surface area contributed by atoms with Crippen LogP contribution in [0.2, 0.25) is 0 Å². The molecule has 0 aromatic carbocycles. The fourth-order valence-electron chi connectivity index (χ4n) is 1.43. The van der Waals surface area contributed by atoms with Gasteiger partial charge in [-0.15, -0.1) is 11.3 Å². The first-order valence-electron chi connectivity index (χ1n) is 4.87. The van der Waals surface area contributed by atoms with Crippen LogP contribution in [0, 0.1) is 13.8 Å². The Hall–Kier alpha value is -1.69. The summed E-state index contributed by atoms with van der Waals surface area (Å²) in [6.45, 7) is 5.70. The average Bonchev–Trinajstić information content (AvgIpc) is 2.52. The van der Waals surface area contributed by atoms with Crippen molar-refractivity contribution in [2.75, 3.05) is 5.43 Å². The second kappa shape index (κ2) is 4.05. The number of hydrogen-bond acceptors (Lipinski definition) is 5. The highest BCUT2D eigenvalue weighted by atomic mass is 32.1. The smallest absolute Gasteiger partial charge is 0.261 e. The predicted octanol–water partition coefficient (Wildman–Crippen LogP) is 2.02. The molecule has 0 atom stereocenters. The van der Waals surface area contributed by atoms with Gasteiger partial charge in [-0.25, -0.2) is 10.4 Å². The Morgan fingerprint density at radius 1 is 1.50 bits per heavy atom. The molecular weight excluding hydrogens is 224 g/mol. The quantitative estimate of drug-likeness (QED) is 0.619. The number of hydrazone groups is 1. The third kappa shape index (κ3) is 1.71. The molecule has 5 nitrogen and oxygen atoms in total. The van der Waals surface area contributed by atoms with Crippen LogP contribution in [-0.4, -0.2) is 16.2 Å². The number of aromatic nitrogens is 2. The lowest BCUT2D eigenvalue weighted by atomic mass is 10.2. The topological polar surface area (TPSA) is 70.1 Å². The van der Waals surface area contributed by atoms with Crippen molar-refractivity contribution in [2.45, 2.75) is 20.8 Å². The second-order valence-electron chi connectivity index (χ2n) is 3.38. The predicted molar refractivity (Wildman–Crippen MR) is 67.5 cm³/mol. The van der Waals surface area contributed by atoms with Gasteiger partial charge >= 0.3 is 0 Å². The lowest BCUT2D eigenvalue weighted by molar-refractivity contribution is 1.13. The molecule has 2 heterocycles. The van der Waals surface area contributed by atoms with E-state index in [1.54, 1.807) is 13.1 Å². The van der Waals surface area contributed by atoms with E-state index in [-0.39, 0.29) is 5.56 Å². The zero-order chi connectivity index (χ0) is 11.7. The van der Waals surface area contributed by atoms with Crippen LogP contribution in [0.1, 0.15) is 17.4 Å². The fraction of sp³-hybridized carbons (Fsp3) is 0.300. The summed E-state index contributed by atoms with van der Waals surface area (Å²) in [5, 5.41) is 4.49. The van der Waals surface area contributed by atoms with Gasteiger partial charge in [-0.1, -0.05) is 0 Å². The van der Waals surface area contributed by atoms with Crippen molar-refractivity contribution < 1.29 is 0 Å². The molecule has 84 valence electrons. The van der Waals surface area contributed by atoms with Gasteiger partial charge in [-0.3, -0.25) is 9.78 Å². The van der Waals surface area contributed by atoms with Crippen molar-refractivity contribution >= 4 is 33.7 Å². The summed E-state index contributed by atoms with van der Waals surface area (Å²) in [5.41, 5.74) is 3.54. The van der Waals surface area contributed by atoms with Crippen molar-refractivity contribution in [2.24, 2.45) is 5.10 Å². The molecule has 0 radical (unpaired) electrons. The second-order valence-corrected chi connectivity index (χ2v) is 4.58. The van der Waals surface area contributed by atoms with E-state index < -0.39 is 0 Å². The third-order valence-corrected chi connectivity index (χ3v) is 3.44. The molecule has 6 heteroatoms. The number of hydrogen-bond donors (Lipinski definition) is 2. The van der Waals surface area contributed by atoms with E-state index in [1.807, 2.05) is 13.8 Å². The number of aromatic amines is 1. The highest BCUT2D eigenvalue weighted by Gasteiger charge is 2.11. The summed E-state index contributed by atoms with van der Waals surface area (Å²) >= 11 is 1.52. The molecule has 0 saturated heterocycles. The van der Waals surface area contributed by atoms with Crippen molar-refractivity contribution in [1.82, 2.24) is 9.97 Å². The summed E-state index contributed by atoms with van der Waals surface area (Å²) < 4.78 is 0. The molecule has 2 N–H and O–H groups in total. The van der Waals surface area contributed by atoms with Gasteiger partial charge in [0.2, 0.25) is 5.95 Å². The van der Waals surface area contributed by atoms with E-state index in [9.17, 15) is 4.79 Å². The molecule has 0 bridgehead atoms. The van der Waals surface area contributed by atoms with E-state index in [4.69, 9.17) is 0 Å². The maximum absolute atomic E-state index is 11.8. The molecule has 0 aliphatic carbocycles. The van der Waals surface area contributed by atoms with Crippen LogP contribution in [-0.2, 0) is 0 Å². The average molecular weight is 236 g/mol. The molecule has 0 fully saturated rings. The maximum Gasteiger partial charge on any atom is 0.261 e. The minimum absolute atomic E-state index is 0.124. The largest absolute Gasteiger partial charge is 0.291 e. The van der Waals surface area contributed by atoms with Crippen LogP contribution in [0.25, 0.3) is 10.2 Å². The summed E-state index contributed by atoms with van der Waals surface area (Å²) in [4.78, 5) is 20.6. The number of aryl methyl sites for hydroxylation is 2. The Kier molecular flexibility index (Phi) is 2.74. The van der Waals surface area contributed by atoms with Crippen molar-refractivity contribution in [3.63, 3.8) is 0 Å². The lowest BCUT2D eigenvalue weighted by Gasteiger charge is -1.98. The Labute approximate surface area is 96.2 Å². The first-order chi connectivity index (χ1) is 7.63. The number of nitrogens with zero attached hydrogens (tertiary/aromatic N) is 2. The minimum Gasteiger partial charge on any atom is -0.291 e. The highest BCUT2D eigenvalue weighted by Crippen LogP contribution is 2.26. The number of thiophene rings is 1. The summed E-state index contributed by atoms with van der Waals surface area (Å²) in [5.74, 6) is 0.372. The molecule has 0 saturated carbocycles. The lowest BCUT2D eigenvalue weighted by Crippen LogP contribution is -2.10. The maximum atomic E-state index is 11.8. The summed E-state index contributed by atoms with van der Waals surface area (Å²) in [6.07, 6.45) is 1.59. The van der Waals surface area contributed by atoms with Crippen LogP contribution in [0.15, 0.2) is 9.90 Å². The third-order valence-electron chi connectivity index (χ3n) is 2.34. The Balaban J connectivity index is 2.64. The first kappa shape index (κ1) is 10.8. The van der Waals surface area contributed by atoms with Gasteiger partial charge in [0.25, 0.3) is 5.56 Å². The fourth-order valence-corrected chi connectivity index (χ4v) is 2.46. The molecule has 16 heavy (non-hydrogen) atoms.